The van der Waals surface area contributed by atoms with Gasteiger partial charge in [0.2, 0.25) is 0 Å². The standard InChI is InChI=1S/2C4H4S.HO3P/c2*1-2-4-5-3-1;1-4(2)3/h2*1-4H;(H-,1,2,3)/p+1. The van der Waals surface area contributed by atoms with Gasteiger partial charge in [-0.3, -0.25) is 0 Å². The van der Waals surface area contributed by atoms with Crippen LogP contribution in [0.3, 0.4) is 0 Å². The van der Waals surface area contributed by atoms with Crippen LogP contribution in [-0.4, -0.2) is 9.79 Å². The Hall–Kier alpha value is -0.580. The van der Waals surface area contributed by atoms with Gasteiger partial charge in [0.25, 0.3) is 0 Å². The van der Waals surface area contributed by atoms with Crippen LogP contribution in [0.1, 0.15) is 0 Å². The third-order valence-electron chi connectivity index (χ3n) is 0.851. The highest BCUT2D eigenvalue weighted by atomic mass is 32.1. The molecular weight excluding hydrogens is 239 g/mol. The number of hydrogen-bond acceptors (Lipinski definition) is 3. The molecule has 0 amide bonds. The molecule has 0 radical (unpaired) electrons. The van der Waals surface area contributed by atoms with Gasteiger partial charge >= 0.3 is 8.25 Å². The van der Waals surface area contributed by atoms with Crippen molar-refractivity contribution >= 4 is 30.9 Å². The van der Waals surface area contributed by atoms with E-state index < -0.39 is 8.25 Å². The molecule has 2 N–H and O–H groups in total. The lowest BCUT2D eigenvalue weighted by Gasteiger charge is -1.39. The monoisotopic (exact) mass is 249 g/mol. The first kappa shape index (κ1) is 13.4. The molecule has 0 aliphatic carbocycles. The summed E-state index contributed by atoms with van der Waals surface area (Å²) in [6, 6.07) is 8.07. The fraction of sp³-hybridized carbons (Fsp3) is 0. The van der Waals surface area contributed by atoms with Crippen molar-refractivity contribution < 1.29 is 14.4 Å². The third kappa shape index (κ3) is 14.0. The molecule has 0 spiro atoms. The maximum Gasteiger partial charge on any atom is 0.692 e. The highest BCUT2D eigenvalue weighted by molar-refractivity contribution is 7.30. The summed E-state index contributed by atoms with van der Waals surface area (Å²) in [6.45, 7) is 0. The van der Waals surface area contributed by atoms with Gasteiger partial charge in [-0.05, 0) is 21.5 Å². The second-order valence-electron chi connectivity index (χ2n) is 1.84. The van der Waals surface area contributed by atoms with Crippen molar-refractivity contribution in [3.05, 3.63) is 45.8 Å². The lowest BCUT2D eigenvalue weighted by Crippen LogP contribution is -1.38. The van der Waals surface area contributed by atoms with E-state index in [0.29, 0.717) is 0 Å². The average Bonchev–Trinajstić information content (AvgIpc) is 2.83. The maximum atomic E-state index is 8.70. The fourth-order valence-electron chi connectivity index (χ4n) is 0.454. The van der Waals surface area contributed by atoms with Gasteiger partial charge in [-0.2, -0.15) is 22.7 Å². The Morgan fingerprint density at radius 1 is 0.786 bits per heavy atom. The molecule has 2 aromatic rings. The molecule has 0 aromatic carbocycles. The highest BCUT2D eigenvalue weighted by Gasteiger charge is 1.93. The van der Waals surface area contributed by atoms with Gasteiger partial charge in [0.1, 0.15) is 0 Å². The largest absolute Gasteiger partial charge is 0.692 e. The van der Waals surface area contributed by atoms with Crippen molar-refractivity contribution in [1.82, 2.24) is 0 Å². The molecule has 0 unspecified atom stereocenters. The molecule has 76 valence electrons. The van der Waals surface area contributed by atoms with Gasteiger partial charge in [0.05, 0.1) is 0 Å². The van der Waals surface area contributed by atoms with Crippen molar-refractivity contribution in [1.29, 1.82) is 0 Å². The van der Waals surface area contributed by atoms with Crippen molar-refractivity contribution in [3.8, 4) is 0 Å². The van der Waals surface area contributed by atoms with E-state index >= 15 is 0 Å². The summed E-state index contributed by atoms with van der Waals surface area (Å²) in [5.41, 5.74) is 0. The van der Waals surface area contributed by atoms with E-state index in [4.69, 9.17) is 14.4 Å². The van der Waals surface area contributed by atoms with E-state index in [1.165, 1.54) is 0 Å². The van der Waals surface area contributed by atoms with E-state index in [2.05, 4.69) is 0 Å². The molecule has 14 heavy (non-hydrogen) atoms. The molecule has 0 fully saturated rings. The smallest absolute Gasteiger partial charge is 0.152 e. The molecule has 0 saturated carbocycles. The second kappa shape index (κ2) is 10.5. The molecule has 0 atom stereocenters. The van der Waals surface area contributed by atoms with Crippen LogP contribution in [0.15, 0.2) is 45.8 Å². The van der Waals surface area contributed by atoms with Gasteiger partial charge in [-0.15, -0.1) is 9.79 Å². The van der Waals surface area contributed by atoms with E-state index in [1.54, 1.807) is 22.7 Å². The first-order valence-corrected chi connectivity index (χ1v) is 6.58. The normalized spacial score (nSPS) is 7.57. The molecule has 6 heteroatoms. The Kier molecular flexibility index (Phi) is 10.1. The van der Waals surface area contributed by atoms with E-state index in [9.17, 15) is 0 Å². The zero-order chi connectivity index (χ0) is 10.6. The zero-order valence-corrected chi connectivity index (χ0v) is 9.71. The summed E-state index contributed by atoms with van der Waals surface area (Å²) in [5, 5.41) is 8.17. The maximum absolute atomic E-state index is 8.70. The van der Waals surface area contributed by atoms with Crippen LogP contribution in [0.25, 0.3) is 0 Å². The molecule has 0 saturated heterocycles. The first-order chi connectivity index (χ1) is 6.73. The summed E-state index contributed by atoms with van der Waals surface area (Å²) in [4.78, 5) is 14.2. The van der Waals surface area contributed by atoms with Gasteiger partial charge < -0.3 is 0 Å². The second-order valence-corrected chi connectivity index (χ2v) is 3.98. The molecule has 2 heterocycles. The third-order valence-corrected chi connectivity index (χ3v) is 2.11. The molecular formula is C8H10O3PS2+. The van der Waals surface area contributed by atoms with Crippen LogP contribution in [0.2, 0.25) is 0 Å². The van der Waals surface area contributed by atoms with Gasteiger partial charge in [0, 0.05) is 4.57 Å². The average molecular weight is 249 g/mol. The Balaban J connectivity index is 0.000000183. The van der Waals surface area contributed by atoms with Crippen molar-refractivity contribution in [2.24, 2.45) is 0 Å². The first-order valence-electron chi connectivity index (χ1n) is 3.53. The molecule has 0 aliphatic heterocycles. The Morgan fingerprint density at radius 2 is 1.00 bits per heavy atom. The van der Waals surface area contributed by atoms with Crippen molar-refractivity contribution in [2.75, 3.05) is 0 Å². The zero-order valence-electron chi connectivity index (χ0n) is 7.19. The van der Waals surface area contributed by atoms with Crippen LogP contribution < -0.4 is 0 Å². The minimum atomic E-state index is -2.87. The Labute approximate surface area is 91.2 Å². The van der Waals surface area contributed by atoms with Crippen LogP contribution in [0.5, 0.6) is 0 Å². The Morgan fingerprint density at radius 3 is 1.07 bits per heavy atom. The predicted molar refractivity (Wildman–Crippen MR) is 60.7 cm³/mol. The highest BCUT2D eigenvalue weighted by Crippen LogP contribution is 1.98. The van der Waals surface area contributed by atoms with Crippen LogP contribution in [0, 0.1) is 0 Å². The SMILES string of the molecule is O=[P+](O)O.c1ccsc1.c1ccsc1. The molecule has 2 rings (SSSR count). The summed E-state index contributed by atoms with van der Waals surface area (Å²) >= 11 is 3.43. The lowest BCUT2D eigenvalue weighted by atomic mass is 10.7. The lowest BCUT2D eigenvalue weighted by molar-refractivity contribution is 0.405. The van der Waals surface area contributed by atoms with Crippen LogP contribution in [0.4, 0.5) is 0 Å². The van der Waals surface area contributed by atoms with E-state index in [0.717, 1.165) is 0 Å². The summed E-state index contributed by atoms with van der Waals surface area (Å²) in [6.07, 6.45) is 0. The molecule has 0 aliphatic rings. The van der Waals surface area contributed by atoms with Crippen LogP contribution in [-0.2, 0) is 4.57 Å². The van der Waals surface area contributed by atoms with Crippen LogP contribution >= 0.6 is 30.9 Å². The summed E-state index contributed by atoms with van der Waals surface area (Å²) in [7, 11) is -2.87. The fourth-order valence-corrected chi connectivity index (χ4v) is 1.36. The summed E-state index contributed by atoms with van der Waals surface area (Å²) < 4.78 is 8.70. The topological polar surface area (TPSA) is 57.5 Å². The molecule has 3 nitrogen and oxygen atoms in total. The molecule has 0 bridgehead atoms. The minimum absolute atomic E-state index is 1.71. The molecule has 2 aromatic heterocycles. The van der Waals surface area contributed by atoms with E-state index in [-0.39, 0.29) is 0 Å². The van der Waals surface area contributed by atoms with E-state index in [1.807, 2.05) is 45.8 Å². The van der Waals surface area contributed by atoms with Gasteiger partial charge in [0.15, 0.2) is 0 Å². The van der Waals surface area contributed by atoms with Gasteiger partial charge in [-0.1, -0.05) is 24.3 Å². The summed E-state index contributed by atoms with van der Waals surface area (Å²) in [5.74, 6) is 0. The Bertz CT molecular complexity index is 230. The minimum Gasteiger partial charge on any atom is -0.152 e. The number of rotatable bonds is 0. The number of hydrogen-bond donors (Lipinski definition) is 2. The van der Waals surface area contributed by atoms with Crippen molar-refractivity contribution in [2.45, 2.75) is 0 Å². The number of thiophene rings is 2. The quantitative estimate of drug-likeness (QED) is 0.705. The van der Waals surface area contributed by atoms with Gasteiger partial charge in [-0.25, -0.2) is 0 Å². The predicted octanol–water partition coefficient (Wildman–Crippen LogP) is 3.12. The van der Waals surface area contributed by atoms with Crippen molar-refractivity contribution in [3.63, 3.8) is 0 Å².